The number of carbonyl (C=O) groups excluding carboxylic acids is 2. The van der Waals surface area contributed by atoms with Crippen molar-refractivity contribution in [1.82, 2.24) is 4.57 Å². The van der Waals surface area contributed by atoms with Gasteiger partial charge in [0.2, 0.25) is 0 Å². The molecule has 4 rings (SSSR count). The second kappa shape index (κ2) is 7.92. The second-order valence-electron chi connectivity index (χ2n) is 7.27. The van der Waals surface area contributed by atoms with E-state index in [1.165, 1.54) is 4.90 Å². The number of amides is 2. The van der Waals surface area contributed by atoms with Gasteiger partial charge >= 0.3 is 5.97 Å². The normalized spacial score (nSPS) is 15.2. The molecule has 2 heterocycles. The number of thioether (sulfide) groups is 1. The number of aromatic carboxylic acids is 1. The molecule has 1 aliphatic rings. The molecule has 2 aromatic carbocycles. The molecular formula is C24H20N2O4S. The number of para-hydroxylation sites is 1. The van der Waals surface area contributed by atoms with E-state index in [9.17, 15) is 19.5 Å². The van der Waals surface area contributed by atoms with Gasteiger partial charge in [0.1, 0.15) is 0 Å². The van der Waals surface area contributed by atoms with Gasteiger partial charge < -0.3 is 9.67 Å². The van der Waals surface area contributed by atoms with Crippen molar-refractivity contribution in [2.24, 2.45) is 0 Å². The minimum absolute atomic E-state index is 0.246. The third-order valence-corrected chi connectivity index (χ3v) is 6.21. The standard InChI is InChI=1S/C24H20N2O4S/c1-14-12-17(16(3)25(14)20-11-7-10-19(15(20)2)23(28)29)13-21-22(27)26(24(30)31-21)18-8-5-4-6-9-18/h4-13H,1-3H3,(H,28,29)/b21-13+. The number of carboxylic acids is 1. The van der Waals surface area contributed by atoms with E-state index in [-0.39, 0.29) is 16.7 Å². The molecule has 156 valence electrons. The molecule has 0 radical (unpaired) electrons. The van der Waals surface area contributed by atoms with Crippen LogP contribution in [-0.2, 0) is 4.79 Å². The molecule has 0 spiro atoms. The summed E-state index contributed by atoms with van der Waals surface area (Å²) in [6, 6.07) is 15.9. The molecule has 1 N–H and O–H groups in total. The first-order valence-electron chi connectivity index (χ1n) is 9.65. The Labute approximate surface area is 183 Å². The van der Waals surface area contributed by atoms with Gasteiger partial charge in [-0.1, -0.05) is 24.3 Å². The van der Waals surface area contributed by atoms with E-state index in [1.807, 2.05) is 36.6 Å². The summed E-state index contributed by atoms with van der Waals surface area (Å²) in [5, 5.41) is 9.12. The first kappa shape index (κ1) is 20.7. The summed E-state index contributed by atoms with van der Waals surface area (Å²) in [4.78, 5) is 38.4. The lowest BCUT2D eigenvalue weighted by Gasteiger charge is -2.14. The molecule has 6 nitrogen and oxygen atoms in total. The average Bonchev–Trinajstić information content (AvgIpc) is 3.17. The lowest BCUT2D eigenvalue weighted by atomic mass is 10.1. The molecule has 2 amide bonds. The van der Waals surface area contributed by atoms with Crippen LogP contribution in [0.1, 0.15) is 32.9 Å². The zero-order valence-corrected chi connectivity index (χ0v) is 18.1. The first-order valence-corrected chi connectivity index (χ1v) is 10.5. The molecular weight excluding hydrogens is 412 g/mol. The molecule has 7 heteroatoms. The van der Waals surface area contributed by atoms with Crippen molar-refractivity contribution in [2.75, 3.05) is 4.90 Å². The Bertz CT molecular complexity index is 1260. The fourth-order valence-corrected chi connectivity index (χ4v) is 4.64. The number of aryl methyl sites for hydroxylation is 1. The SMILES string of the molecule is Cc1c(C(=O)O)cccc1-n1c(C)cc(/C=C2/SC(=O)N(c3ccccc3)C2=O)c1C. The molecule has 1 saturated heterocycles. The Morgan fingerprint density at radius 3 is 2.39 bits per heavy atom. The lowest BCUT2D eigenvalue weighted by Crippen LogP contribution is -2.27. The van der Waals surface area contributed by atoms with Crippen LogP contribution in [0.2, 0.25) is 0 Å². The van der Waals surface area contributed by atoms with Gasteiger partial charge in [-0.2, -0.15) is 0 Å². The summed E-state index contributed by atoms with van der Waals surface area (Å²) in [5.74, 6) is -1.33. The molecule has 0 saturated carbocycles. The minimum atomic E-state index is -0.975. The highest BCUT2D eigenvalue weighted by Crippen LogP contribution is 2.36. The van der Waals surface area contributed by atoms with E-state index >= 15 is 0 Å². The number of hydrogen-bond acceptors (Lipinski definition) is 4. The number of hydrogen-bond donors (Lipinski definition) is 1. The molecule has 31 heavy (non-hydrogen) atoms. The summed E-state index contributed by atoms with van der Waals surface area (Å²) >= 11 is 0.912. The number of carboxylic acid groups (broad SMARTS) is 1. The summed E-state index contributed by atoms with van der Waals surface area (Å²) in [6.45, 7) is 5.61. The fourth-order valence-electron chi connectivity index (χ4n) is 3.81. The molecule has 1 aliphatic heterocycles. The van der Waals surface area contributed by atoms with E-state index in [2.05, 4.69) is 0 Å². The second-order valence-corrected chi connectivity index (χ2v) is 8.26. The topological polar surface area (TPSA) is 79.6 Å². The van der Waals surface area contributed by atoms with Crippen molar-refractivity contribution in [1.29, 1.82) is 0 Å². The largest absolute Gasteiger partial charge is 0.478 e. The van der Waals surface area contributed by atoms with Gasteiger partial charge in [-0.15, -0.1) is 0 Å². The lowest BCUT2D eigenvalue weighted by molar-refractivity contribution is -0.113. The van der Waals surface area contributed by atoms with Crippen LogP contribution in [0, 0.1) is 20.8 Å². The Morgan fingerprint density at radius 1 is 1.00 bits per heavy atom. The Morgan fingerprint density at radius 2 is 1.71 bits per heavy atom. The first-order chi connectivity index (χ1) is 14.8. The van der Waals surface area contributed by atoms with E-state index < -0.39 is 5.97 Å². The fraction of sp³-hybridized carbons (Fsp3) is 0.125. The van der Waals surface area contributed by atoms with Crippen LogP contribution in [0.5, 0.6) is 0 Å². The maximum atomic E-state index is 12.9. The highest BCUT2D eigenvalue weighted by Gasteiger charge is 2.36. The van der Waals surface area contributed by atoms with Gasteiger partial charge in [-0.05, 0) is 80.1 Å². The predicted octanol–water partition coefficient (Wildman–Crippen LogP) is 5.34. The number of nitrogens with zero attached hydrogens (tertiary/aromatic N) is 2. The van der Waals surface area contributed by atoms with E-state index in [0.29, 0.717) is 16.2 Å². The highest BCUT2D eigenvalue weighted by atomic mass is 32.2. The van der Waals surface area contributed by atoms with Crippen molar-refractivity contribution in [2.45, 2.75) is 20.8 Å². The number of anilines is 1. The van der Waals surface area contributed by atoms with Crippen LogP contribution in [0.25, 0.3) is 11.8 Å². The maximum absolute atomic E-state index is 12.9. The average molecular weight is 433 g/mol. The molecule has 0 unspecified atom stereocenters. The zero-order valence-electron chi connectivity index (χ0n) is 17.2. The number of imide groups is 1. The van der Waals surface area contributed by atoms with Gasteiger partial charge in [0.15, 0.2) is 0 Å². The molecule has 0 bridgehead atoms. The Hall–Kier alpha value is -3.58. The third-order valence-electron chi connectivity index (χ3n) is 5.34. The van der Waals surface area contributed by atoms with Gasteiger partial charge in [0, 0.05) is 17.1 Å². The van der Waals surface area contributed by atoms with Gasteiger partial charge in [-0.25, -0.2) is 9.69 Å². The van der Waals surface area contributed by atoms with E-state index in [4.69, 9.17) is 0 Å². The van der Waals surface area contributed by atoms with Crippen molar-refractivity contribution in [3.05, 3.63) is 87.6 Å². The number of aromatic nitrogens is 1. The third kappa shape index (κ3) is 3.57. The molecule has 1 aromatic heterocycles. The number of carbonyl (C=O) groups is 3. The smallest absolute Gasteiger partial charge is 0.336 e. The van der Waals surface area contributed by atoms with Crippen LogP contribution >= 0.6 is 11.8 Å². The van der Waals surface area contributed by atoms with Crippen LogP contribution < -0.4 is 4.90 Å². The van der Waals surface area contributed by atoms with Crippen LogP contribution in [0.15, 0.2) is 59.5 Å². The number of benzene rings is 2. The number of rotatable bonds is 4. The van der Waals surface area contributed by atoms with E-state index in [1.54, 1.807) is 49.4 Å². The van der Waals surface area contributed by atoms with Crippen LogP contribution in [-0.4, -0.2) is 26.8 Å². The highest BCUT2D eigenvalue weighted by molar-refractivity contribution is 8.19. The van der Waals surface area contributed by atoms with Gasteiger partial charge in [0.05, 0.1) is 16.2 Å². The molecule has 0 atom stereocenters. The molecule has 3 aromatic rings. The van der Waals surface area contributed by atoms with Crippen LogP contribution in [0.3, 0.4) is 0 Å². The summed E-state index contributed by atoms with van der Waals surface area (Å²) in [5.41, 5.74) is 4.78. The quantitative estimate of drug-likeness (QED) is 0.563. The monoisotopic (exact) mass is 432 g/mol. The summed E-state index contributed by atoms with van der Waals surface area (Å²) in [7, 11) is 0. The minimum Gasteiger partial charge on any atom is -0.478 e. The van der Waals surface area contributed by atoms with E-state index in [0.717, 1.165) is 34.4 Å². The van der Waals surface area contributed by atoms with Crippen molar-refractivity contribution < 1.29 is 19.5 Å². The van der Waals surface area contributed by atoms with Crippen molar-refractivity contribution in [3.8, 4) is 5.69 Å². The van der Waals surface area contributed by atoms with Crippen molar-refractivity contribution in [3.63, 3.8) is 0 Å². The van der Waals surface area contributed by atoms with Gasteiger partial charge in [-0.3, -0.25) is 9.59 Å². The molecule has 0 aliphatic carbocycles. The van der Waals surface area contributed by atoms with Crippen molar-refractivity contribution >= 4 is 40.6 Å². The molecule has 1 fully saturated rings. The Balaban J connectivity index is 1.75. The maximum Gasteiger partial charge on any atom is 0.336 e. The van der Waals surface area contributed by atoms with Gasteiger partial charge in [0.25, 0.3) is 11.1 Å². The Kier molecular flexibility index (Phi) is 5.29. The summed E-state index contributed by atoms with van der Waals surface area (Å²) < 4.78 is 1.97. The van der Waals surface area contributed by atoms with Crippen LogP contribution in [0.4, 0.5) is 10.5 Å². The predicted molar refractivity (Wildman–Crippen MR) is 122 cm³/mol. The zero-order chi connectivity index (χ0) is 22.3. The summed E-state index contributed by atoms with van der Waals surface area (Å²) in [6.07, 6.45) is 1.73.